The fourth-order valence-corrected chi connectivity index (χ4v) is 2.32. The van der Waals surface area contributed by atoms with Crippen LogP contribution in [0, 0.1) is 0 Å². The molecule has 4 heteroatoms. The molecule has 3 nitrogen and oxygen atoms in total. The Morgan fingerprint density at radius 1 is 1.43 bits per heavy atom. The van der Waals surface area contributed by atoms with Crippen LogP contribution < -0.4 is 10.2 Å². The largest absolute Gasteiger partial charge is 0.625 e. The fraction of sp³-hybridized carbons (Fsp3) is 0.200. The third-order valence-corrected chi connectivity index (χ3v) is 3.58. The number of hydrogen-bond donors (Lipinski definition) is 1. The highest BCUT2D eigenvalue weighted by atomic mass is 31.1. The zero-order valence-corrected chi connectivity index (χ0v) is 8.70. The molecule has 0 radical (unpaired) electrons. The number of aliphatic carboxylic acids is 1. The molecule has 1 rings (SSSR count). The molecule has 1 atom stereocenters. The van der Waals surface area contributed by atoms with Crippen LogP contribution in [0.3, 0.4) is 0 Å². The van der Waals surface area contributed by atoms with E-state index in [2.05, 4.69) is 0 Å². The van der Waals surface area contributed by atoms with E-state index < -0.39 is 13.7 Å². The normalized spacial score (nSPS) is 12.1. The fourth-order valence-electron chi connectivity index (χ4n) is 1.10. The third-order valence-electron chi connectivity index (χ3n) is 1.82. The number of hydrogen-bond acceptors (Lipinski definition) is 2. The van der Waals surface area contributed by atoms with Crippen LogP contribution in [0.25, 0.3) is 0 Å². The highest BCUT2D eigenvalue weighted by Crippen LogP contribution is 2.15. The number of carboxylic acids is 1. The number of carbonyl (C=O) groups is 1. The predicted octanol–water partition coefficient (Wildman–Crippen LogP) is 0.736. The van der Waals surface area contributed by atoms with Gasteiger partial charge in [0.25, 0.3) is 0 Å². The van der Waals surface area contributed by atoms with Gasteiger partial charge in [0.05, 0.1) is 0 Å². The van der Waals surface area contributed by atoms with Crippen LogP contribution in [0.4, 0.5) is 0 Å². The van der Waals surface area contributed by atoms with E-state index in [0.717, 1.165) is 0 Å². The van der Waals surface area contributed by atoms with Gasteiger partial charge in [-0.15, -0.1) is 0 Å². The minimum absolute atomic E-state index is 0.0752. The number of benzene rings is 1. The van der Waals surface area contributed by atoms with Gasteiger partial charge in [-0.05, 0) is 12.1 Å². The molecule has 0 bridgehead atoms. The maximum absolute atomic E-state index is 11.7. The Morgan fingerprint density at radius 3 is 2.43 bits per heavy atom. The standard InChI is InChI=1S/C10H11O3P/c1-2-9(10(11)12)14(13)8-6-4-3-5-7-8/h3-7H,2H2,1H3,(H,11,12). The van der Waals surface area contributed by atoms with Crippen molar-refractivity contribution in [1.29, 1.82) is 0 Å². The van der Waals surface area contributed by atoms with Gasteiger partial charge in [-0.25, -0.2) is 4.79 Å². The van der Waals surface area contributed by atoms with Crippen molar-refractivity contribution in [2.24, 2.45) is 0 Å². The van der Waals surface area contributed by atoms with Gasteiger partial charge in [-0.3, -0.25) is 0 Å². The summed E-state index contributed by atoms with van der Waals surface area (Å²) in [5, 5.41) is 9.43. The highest BCUT2D eigenvalue weighted by molar-refractivity contribution is 7.61. The summed E-state index contributed by atoms with van der Waals surface area (Å²) in [5.41, 5.74) is 0. The van der Waals surface area contributed by atoms with E-state index in [0.29, 0.717) is 11.7 Å². The first-order valence-electron chi connectivity index (χ1n) is 4.28. The van der Waals surface area contributed by atoms with Gasteiger partial charge in [0.2, 0.25) is 5.29 Å². The summed E-state index contributed by atoms with van der Waals surface area (Å²) in [6, 6.07) is 8.66. The molecule has 0 spiro atoms. The zero-order chi connectivity index (χ0) is 10.6. The quantitative estimate of drug-likeness (QED) is 0.748. The monoisotopic (exact) mass is 210 g/mol. The minimum Gasteiger partial charge on any atom is -0.625 e. The lowest BCUT2D eigenvalue weighted by Gasteiger charge is -2.01. The summed E-state index contributed by atoms with van der Waals surface area (Å²) in [4.78, 5) is 22.5. The summed E-state index contributed by atoms with van der Waals surface area (Å²) in [6.45, 7) is 1.69. The maximum atomic E-state index is 11.7. The topological polar surface area (TPSA) is 60.4 Å². The summed E-state index contributed by atoms with van der Waals surface area (Å²) >= 11 is 0. The molecule has 74 valence electrons. The molecular formula is C10H11O3P. The molecule has 1 unspecified atom stereocenters. The van der Waals surface area contributed by atoms with Crippen molar-refractivity contribution in [3.63, 3.8) is 0 Å². The van der Waals surface area contributed by atoms with Crippen LogP contribution in [0.2, 0.25) is 0 Å². The van der Waals surface area contributed by atoms with Crippen molar-refractivity contribution in [1.82, 2.24) is 0 Å². The average Bonchev–Trinajstić information content (AvgIpc) is 2.19. The Kier molecular flexibility index (Phi) is 3.81. The van der Waals surface area contributed by atoms with E-state index in [1.807, 2.05) is 0 Å². The third kappa shape index (κ3) is 2.41. The number of carboxylic acid groups (broad SMARTS) is 1. The minimum atomic E-state index is -1.91. The molecule has 1 aromatic carbocycles. The van der Waals surface area contributed by atoms with Crippen molar-refractivity contribution in [2.75, 3.05) is 0 Å². The second-order valence-electron chi connectivity index (χ2n) is 2.74. The van der Waals surface area contributed by atoms with Gasteiger partial charge in [0.1, 0.15) is 13.1 Å². The van der Waals surface area contributed by atoms with E-state index >= 15 is 0 Å². The van der Waals surface area contributed by atoms with Crippen LogP contribution in [-0.2, 0) is 4.79 Å². The molecule has 0 aliphatic heterocycles. The Balaban J connectivity index is 3.15. The molecule has 0 aromatic heterocycles. The van der Waals surface area contributed by atoms with Crippen LogP contribution in [0.5, 0.6) is 0 Å². The van der Waals surface area contributed by atoms with Crippen LogP contribution >= 0.6 is 7.77 Å². The molecular weight excluding hydrogens is 199 g/mol. The van der Waals surface area contributed by atoms with Crippen LogP contribution in [0.1, 0.15) is 13.3 Å². The van der Waals surface area contributed by atoms with E-state index in [9.17, 15) is 9.69 Å². The summed E-state index contributed by atoms with van der Waals surface area (Å²) in [6.07, 6.45) is 0.305. The molecule has 0 saturated carbocycles. The molecule has 0 saturated heterocycles. The summed E-state index contributed by atoms with van der Waals surface area (Å²) in [7, 11) is -1.91. The van der Waals surface area contributed by atoms with Crippen molar-refractivity contribution in [3.05, 3.63) is 30.3 Å². The molecule has 0 aliphatic rings. The Bertz CT molecular complexity index is 357. The SMILES string of the molecule is CCC(C(=O)O)=[P+]([O-])c1ccccc1. The highest BCUT2D eigenvalue weighted by Gasteiger charge is 2.17. The van der Waals surface area contributed by atoms with Crippen LogP contribution in [-0.4, -0.2) is 16.4 Å². The molecule has 1 N–H and O–H groups in total. The zero-order valence-electron chi connectivity index (χ0n) is 7.80. The second kappa shape index (κ2) is 4.89. The van der Waals surface area contributed by atoms with Crippen molar-refractivity contribution in [2.45, 2.75) is 13.3 Å². The first kappa shape index (κ1) is 10.9. The molecule has 1 aromatic rings. The first-order chi connectivity index (χ1) is 6.66. The van der Waals surface area contributed by atoms with E-state index in [1.54, 1.807) is 37.3 Å². The molecule has 0 amide bonds. The van der Waals surface area contributed by atoms with Crippen molar-refractivity contribution < 1.29 is 14.8 Å². The summed E-state index contributed by atoms with van der Waals surface area (Å²) in [5.74, 6) is -1.07. The van der Waals surface area contributed by atoms with E-state index in [-0.39, 0.29) is 5.29 Å². The van der Waals surface area contributed by atoms with Gasteiger partial charge in [-0.2, -0.15) is 0 Å². The average molecular weight is 210 g/mol. The second-order valence-corrected chi connectivity index (χ2v) is 4.38. The predicted molar refractivity (Wildman–Crippen MR) is 55.9 cm³/mol. The Labute approximate surface area is 83.5 Å². The molecule has 14 heavy (non-hydrogen) atoms. The van der Waals surface area contributed by atoms with Gasteiger partial charge in [0.15, 0.2) is 0 Å². The number of rotatable bonds is 3. The van der Waals surface area contributed by atoms with Gasteiger partial charge in [0, 0.05) is 6.42 Å². The molecule has 0 heterocycles. The van der Waals surface area contributed by atoms with Crippen LogP contribution in [0.15, 0.2) is 30.3 Å². The van der Waals surface area contributed by atoms with E-state index in [1.165, 1.54) is 0 Å². The van der Waals surface area contributed by atoms with Gasteiger partial charge >= 0.3 is 5.97 Å². The van der Waals surface area contributed by atoms with Crippen molar-refractivity contribution >= 4 is 24.3 Å². The van der Waals surface area contributed by atoms with Crippen molar-refractivity contribution in [3.8, 4) is 0 Å². The lowest BCUT2D eigenvalue weighted by atomic mass is 10.3. The van der Waals surface area contributed by atoms with Gasteiger partial charge < -0.3 is 10.00 Å². The maximum Gasteiger partial charge on any atom is 0.374 e. The molecule has 0 aliphatic carbocycles. The van der Waals surface area contributed by atoms with Gasteiger partial charge in [-0.1, -0.05) is 25.1 Å². The smallest absolute Gasteiger partial charge is 0.374 e. The lowest BCUT2D eigenvalue weighted by molar-refractivity contribution is -0.150. The van der Waals surface area contributed by atoms with E-state index in [4.69, 9.17) is 5.11 Å². The summed E-state index contributed by atoms with van der Waals surface area (Å²) < 4.78 is 0. The Morgan fingerprint density at radius 2 is 2.00 bits per heavy atom. The lowest BCUT2D eigenvalue weighted by Crippen LogP contribution is -2.18. The first-order valence-corrected chi connectivity index (χ1v) is 5.54. The molecule has 0 fully saturated rings. The Hall–Kier alpha value is -1.18.